The summed E-state index contributed by atoms with van der Waals surface area (Å²) in [5, 5.41) is 9.75. The number of nitrogens with zero attached hydrogens (tertiary/aromatic N) is 3. The number of amides is 1. The maximum Gasteiger partial charge on any atom is 0.253 e. The van der Waals surface area contributed by atoms with Crippen molar-refractivity contribution >= 4 is 5.91 Å². The molecule has 1 heterocycles. The third kappa shape index (κ3) is 3.45. The molecule has 0 unspecified atom stereocenters. The number of carbonyl (C=O) groups is 1. The Bertz CT molecular complexity index is 568. The van der Waals surface area contributed by atoms with Gasteiger partial charge in [0.25, 0.3) is 5.91 Å². The fourth-order valence-corrected chi connectivity index (χ4v) is 2.06. The summed E-state index contributed by atoms with van der Waals surface area (Å²) in [5.74, 6) is -0.107. The van der Waals surface area contributed by atoms with Crippen LogP contribution in [0.2, 0.25) is 0 Å². The van der Waals surface area contributed by atoms with E-state index in [2.05, 4.69) is 4.98 Å². The quantitative estimate of drug-likeness (QED) is 0.922. The zero-order valence-corrected chi connectivity index (χ0v) is 11.9. The zero-order valence-electron chi connectivity index (χ0n) is 11.9. The van der Waals surface area contributed by atoms with Crippen molar-refractivity contribution in [2.75, 3.05) is 13.6 Å². The van der Waals surface area contributed by atoms with E-state index in [-0.39, 0.29) is 12.5 Å². The van der Waals surface area contributed by atoms with E-state index in [0.717, 1.165) is 5.69 Å². The first kappa shape index (κ1) is 14.3. The molecule has 1 amide bonds. The van der Waals surface area contributed by atoms with Gasteiger partial charge in [0.15, 0.2) is 0 Å². The topological polar surface area (TPSA) is 58.4 Å². The number of hydrogen-bond donors (Lipinski definition) is 1. The first-order valence-electron chi connectivity index (χ1n) is 6.43. The third-order valence-electron chi connectivity index (χ3n) is 2.89. The molecule has 0 aliphatic heterocycles. The second kappa shape index (κ2) is 5.46. The van der Waals surface area contributed by atoms with Gasteiger partial charge in [0.1, 0.15) is 0 Å². The molecule has 0 bridgehead atoms. The molecule has 0 atom stereocenters. The van der Waals surface area contributed by atoms with Gasteiger partial charge in [-0.2, -0.15) is 0 Å². The monoisotopic (exact) mass is 273 g/mol. The fourth-order valence-electron chi connectivity index (χ4n) is 2.06. The zero-order chi connectivity index (χ0) is 14.8. The minimum Gasteiger partial charge on any atom is -0.389 e. The minimum atomic E-state index is -0.902. The number of aromatic nitrogens is 2. The minimum absolute atomic E-state index is 0.107. The van der Waals surface area contributed by atoms with Crippen LogP contribution in [0.5, 0.6) is 0 Å². The molecule has 0 radical (unpaired) electrons. The van der Waals surface area contributed by atoms with Gasteiger partial charge >= 0.3 is 0 Å². The Labute approximate surface area is 118 Å². The lowest BCUT2D eigenvalue weighted by molar-refractivity contribution is 0.0368. The van der Waals surface area contributed by atoms with Crippen molar-refractivity contribution in [3.63, 3.8) is 0 Å². The summed E-state index contributed by atoms with van der Waals surface area (Å²) in [6.45, 7) is 3.65. The van der Waals surface area contributed by atoms with E-state index in [1.54, 1.807) is 45.6 Å². The van der Waals surface area contributed by atoms with Crippen LogP contribution in [0, 0.1) is 0 Å². The van der Waals surface area contributed by atoms with E-state index in [1.807, 2.05) is 22.9 Å². The number of aliphatic hydroxyl groups is 1. The van der Waals surface area contributed by atoms with E-state index in [9.17, 15) is 9.90 Å². The summed E-state index contributed by atoms with van der Waals surface area (Å²) in [5.41, 5.74) is 0.644. The number of benzene rings is 1. The molecule has 1 aromatic carbocycles. The van der Waals surface area contributed by atoms with Crippen LogP contribution in [-0.4, -0.2) is 44.7 Å². The van der Waals surface area contributed by atoms with Gasteiger partial charge in [0.2, 0.25) is 0 Å². The average Bonchev–Trinajstić information content (AvgIpc) is 2.90. The molecule has 5 heteroatoms. The van der Waals surface area contributed by atoms with E-state index in [4.69, 9.17) is 0 Å². The Morgan fingerprint density at radius 2 is 2.00 bits per heavy atom. The Morgan fingerprint density at radius 1 is 1.35 bits per heavy atom. The lowest BCUT2D eigenvalue weighted by Gasteiger charge is -2.25. The lowest BCUT2D eigenvalue weighted by Crippen LogP contribution is -2.39. The molecule has 0 saturated heterocycles. The summed E-state index contributed by atoms with van der Waals surface area (Å²) in [6, 6.07) is 7.29. The van der Waals surface area contributed by atoms with Gasteiger partial charge in [-0.05, 0) is 38.1 Å². The first-order chi connectivity index (χ1) is 9.37. The number of likely N-dealkylation sites (N-methyl/N-ethyl adjacent to an activating group) is 1. The highest BCUT2D eigenvalue weighted by molar-refractivity contribution is 5.94. The van der Waals surface area contributed by atoms with Crippen LogP contribution < -0.4 is 0 Å². The van der Waals surface area contributed by atoms with Gasteiger partial charge in [-0.25, -0.2) is 4.98 Å². The normalized spacial score (nSPS) is 11.4. The van der Waals surface area contributed by atoms with Gasteiger partial charge < -0.3 is 14.6 Å². The second-order valence-electron chi connectivity index (χ2n) is 5.49. The summed E-state index contributed by atoms with van der Waals surface area (Å²) >= 11 is 0. The largest absolute Gasteiger partial charge is 0.389 e. The van der Waals surface area contributed by atoms with Gasteiger partial charge in [0.05, 0.1) is 11.9 Å². The molecule has 2 aromatic rings. The van der Waals surface area contributed by atoms with Crippen LogP contribution in [0.4, 0.5) is 0 Å². The third-order valence-corrected chi connectivity index (χ3v) is 2.89. The van der Waals surface area contributed by atoms with Gasteiger partial charge in [-0.3, -0.25) is 4.79 Å². The van der Waals surface area contributed by atoms with Crippen LogP contribution in [-0.2, 0) is 0 Å². The lowest BCUT2D eigenvalue weighted by atomic mass is 10.1. The molecule has 2 rings (SSSR count). The summed E-state index contributed by atoms with van der Waals surface area (Å²) in [6.07, 6.45) is 5.25. The average molecular weight is 273 g/mol. The van der Waals surface area contributed by atoms with Crippen molar-refractivity contribution in [1.82, 2.24) is 14.5 Å². The molecule has 106 valence electrons. The molecule has 0 aliphatic rings. The van der Waals surface area contributed by atoms with Crippen molar-refractivity contribution in [1.29, 1.82) is 0 Å². The Morgan fingerprint density at radius 3 is 2.50 bits per heavy atom. The molecule has 1 N–H and O–H groups in total. The molecule has 0 aliphatic carbocycles. The SMILES string of the molecule is CN(CC(C)(C)O)C(=O)c1ccc(-n2ccnc2)cc1. The fraction of sp³-hybridized carbons (Fsp3) is 0.333. The van der Waals surface area contributed by atoms with Crippen LogP contribution >= 0.6 is 0 Å². The Hall–Kier alpha value is -2.14. The number of rotatable bonds is 4. The standard InChI is InChI=1S/C15H19N3O2/c1-15(2,20)10-17(3)14(19)12-4-6-13(7-5-12)18-9-8-16-11-18/h4-9,11,20H,10H2,1-3H3. The predicted octanol–water partition coefficient (Wildman–Crippen LogP) is 1.72. The maximum atomic E-state index is 12.2. The first-order valence-corrected chi connectivity index (χ1v) is 6.43. The maximum absolute atomic E-state index is 12.2. The summed E-state index contributed by atoms with van der Waals surface area (Å²) < 4.78 is 1.87. The molecule has 0 saturated carbocycles. The molecule has 20 heavy (non-hydrogen) atoms. The van der Waals surface area contributed by atoms with Crippen molar-refractivity contribution in [2.24, 2.45) is 0 Å². The highest BCUT2D eigenvalue weighted by Gasteiger charge is 2.20. The summed E-state index contributed by atoms with van der Waals surface area (Å²) in [7, 11) is 1.68. The number of carbonyl (C=O) groups excluding carboxylic acids is 1. The van der Waals surface area contributed by atoms with E-state index >= 15 is 0 Å². The number of hydrogen-bond acceptors (Lipinski definition) is 3. The summed E-state index contributed by atoms with van der Waals surface area (Å²) in [4.78, 5) is 17.7. The van der Waals surface area contributed by atoms with E-state index in [0.29, 0.717) is 5.56 Å². The second-order valence-corrected chi connectivity index (χ2v) is 5.49. The highest BCUT2D eigenvalue weighted by Crippen LogP contribution is 2.12. The molecule has 5 nitrogen and oxygen atoms in total. The van der Waals surface area contributed by atoms with Crippen molar-refractivity contribution in [3.8, 4) is 5.69 Å². The molecular weight excluding hydrogens is 254 g/mol. The van der Waals surface area contributed by atoms with Crippen LogP contribution in [0.1, 0.15) is 24.2 Å². The number of imidazole rings is 1. The predicted molar refractivity (Wildman–Crippen MR) is 76.8 cm³/mol. The van der Waals surface area contributed by atoms with Crippen molar-refractivity contribution < 1.29 is 9.90 Å². The molecule has 0 fully saturated rings. The van der Waals surface area contributed by atoms with Crippen LogP contribution in [0.25, 0.3) is 5.69 Å². The Balaban J connectivity index is 2.12. The van der Waals surface area contributed by atoms with Crippen LogP contribution in [0.3, 0.4) is 0 Å². The smallest absolute Gasteiger partial charge is 0.253 e. The molecular formula is C15H19N3O2. The van der Waals surface area contributed by atoms with Crippen molar-refractivity contribution in [3.05, 3.63) is 48.5 Å². The van der Waals surface area contributed by atoms with Crippen LogP contribution in [0.15, 0.2) is 43.0 Å². The van der Waals surface area contributed by atoms with E-state index in [1.165, 1.54) is 4.90 Å². The molecule has 0 spiro atoms. The van der Waals surface area contributed by atoms with Gasteiger partial charge in [0, 0.05) is 37.2 Å². The van der Waals surface area contributed by atoms with Gasteiger partial charge in [-0.1, -0.05) is 0 Å². The Kier molecular flexibility index (Phi) is 3.90. The van der Waals surface area contributed by atoms with Gasteiger partial charge in [-0.15, -0.1) is 0 Å². The van der Waals surface area contributed by atoms with Crippen molar-refractivity contribution in [2.45, 2.75) is 19.4 Å². The molecule has 1 aromatic heterocycles. The highest BCUT2D eigenvalue weighted by atomic mass is 16.3. The van der Waals surface area contributed by atoms with E-state index < -0.39 is 5.60 Å².